The molecule has 3 heterocycles. The molecule has 0 bridgehead atoms. The number of rotatable bonds is 4. The summed E-state index contributed by atoms with van der Waals surface area (Å²) in [5, 5.41) is 2.90. The number of hydrogen-bond acceptors (Lipinski definition) is 3. The fourth-order valence-corrected chi connectivity index (χ4v) is 5.00. The molecule has 0 saturated carbocycles. The van der Waals surface area contributed by atoms with E-state index in [1.54, 1.807) is 12.1 Å². The molecule has 5 rings (SSSR count). The number of alkyl halides is 4. The van der Waals surface area contributed by atoms with Gasteiger partial charge in [0.2, 0.25) is 0 Å². The maximum atomic E-state index is 14.2. The van der Waals surface area contributed by atoms with Crippen LogP contribution in [0.15, 0.2) is 48.5 Å². The summed E-state index contributed by atoms with van der Waals surface area (Å²) >= 11 is 0. The number of para-hydroxylation sites is 1. The normalized spacial score (nSPS) is 18.5. The van der Waals surface area contributed by atoms with Gasteiger partial charge in [-0.25, -0.2) is 9.37 Å². The standard InChI is InChI=1S/C26H25F4N5O2/c1-3-34-19-7-5-4-6-15(19)13-21(34)23-31-18-12-16(8-10-20(18)33(23)2)24(36)35-14-17(27)9-11-22(35)32-25(37)26(28,29)30/h4-8,10,12-13,17,22H,3,9,11,14H2,1-2H3,(H,32,37). The minimum absolute atomic E-state index is 0.0549. The number of halogens is 4. The van der Waals surface area contributed by atoms with Gasteiger partial charge in [0, 0.05) is 30.1 Å². The first kappa shape index (κ1) is 24.8. The van der Waals surface area contributed by atoms with E-state index >= 15 is 0 Å². The maximum absolute atomic E-state index is 14.2. The number of aromatic nitrogens is 3. The highest BCUT2D eigenvalue weighted by atomic mass is 19.4. The van der Waals surface area contributed by atoms with E-state index in [0.717, 1.165) is 33.6 Å². The molecule has 1 aliphatic heterocycles. The Morgan fingerprint density at radius 3 is 2.57 bits per heavy atom. The van der Waals surface area contributed by atoms with Crippen LogP contribution in [0, 0.1) is 0 Å². The van der Waals surface area contributed by atoms with Crippen molar-refractivity contribution in [2.75, 3.05) is 6.54 Å². The lowest BCUT2D eigenvalue weighted by Crippen LogP contribution is -2.57. The number of nitrogens with one attached hydrogen (secondary N) is 1. The van der Waals surface area contributed by atoms with Crippen LogP contribution in [0.3, 0.4) is 0 Å². The third-order valence-electron chi connectivity index (χ3n) is 6.82. The van der Waals surface area contributed by atoms with Gasteiger partial charge in [0.1, 0.15) is 12.3 Å². The molecule has 2 atom stereocenters. The maximum Gasteiger partial charge on any atom is 0.471 e. The highest BCUT2D eigenvalue weighted by molar-refractivity contribution is 5.98. The van der Waals surface area contributed by atoms with Crippen LogP contribution in [0.2, 0.25) is 0 Å². The number of benzene rings is 2. The van der Waals surface area contributed by atoms with E-state index in [0.29, 0.717) is 11.3 Å². The Morgan fingerprint density at radius 1 is 1.08 bits per heavy atom. The summed E-state index contributed by atoms with van der Waals surface area (Å²) in [6.45, 7) is 2.35. The van der Waals surface area contributed by atoms with Crippen LogP contribution in [0.1, 0.15) is 30.1 Å². The number of imidazole rings is 1. The van der Waals surface area contributed by atoms with Gasteiger partial charge in [0.15, 0.2) is 5.82 Å². The lowest BCUT2D eigenvalue weighted by molar-refractivity contribution is -0.175. The number of hydrogen-bond donors (Lipinski definition) is 1. The van der Waals surface area contributed by atoms with Crippen molar-refractivity contribution in [3.63, 3.8) is 0 Å². The Labute approximate surface area is 209 Å². The van der Waals surface area contributed by atoms with E-state index in [4.69, 9.17) is 4.98 Å². The molecule has 1 saturated heterocycles. The molecule has 0 spiro atoms. The second-order valence-corrected chi connectivity index (χ2v) is 9.15. The van der Waals surface area contributed by atoms with Crippen molar-refractivity contribution in [1.82, 2.24) is 24.3 Å². The molecule has 7 nitrogen and oxygen atoms in total. The summed E-state index contributed by atoms with van der Waals surface area (Å²) in [6, 6.07) is 14.8. The third-order valence-corrected chi connectivity index (χ3v) is 6.82. The van der Waals surface area contributed by atoms with Gasteiger partial charge in [-0.1, -0.05) is 18.2 Å². The van der Waals surface area contributed by atoms with Gasteiger partial charge in [-0.05, 0) is 50.1 Å². The predicted molar refractivity (Wildman–Crippen MR) is 130 cm³/mol. The topological polar surface area (TPSA) is 72.2 Å². The Balaban J connectivity index is 1.50. The van der Waals surface area contributed by atoms with E-state index in [1.165, 1.54) is 6.07 Å². The van der Waals surface area contributed by atoms with Crippen LogP contribution in [0.4, 0.5) is 17.6 Å². The van der Waals surface area contributed by atoms with Gasteiger partial charge >= 0.3 is 12.1 Å². The average Bonchev–Trinajstić information content (AvgIpc) is 3.40. The smallest absolute Gasteiger partial charge is 0.338 e. The minimum atomic E-state index is -5.11. The second-order valence-electron chi connectivity index (χ2n) is 9.15. The number of amides is 2. The zero-order valence-corrected chi connectivity index (χ0v) is 20.2. The number of aryl methyl sites for hydroxylation is 2. The molecule has 1 aliphatic rings. The zero-order chi connectivity index (χ0) is 26.5. The number of carbonyl (C=O) groups excluding carboxylic acids is 2. The molecule has 0 aliphatic carbocycles. The lowest BCUT2D eigenvalue weighted by atomic mass is 10.0. The van der Waals surface area contributed by atoms with Crippen LogP contribution >= 0.6 is 0 Å². The fourth-order valence-electron chi connectivity index (χ4n) is 5.00. The van der Waals surface area contributed by atoms with Crippen LogP contribution in [0.25, 0.3) is 33.5 Å². The lowest BCUT2D eigenvalue weighted by Gasteiger charge is -2.37. The second kappa shape index (κ2) is 9.20. The van der Waals surface area contributed by atoms with Crippen molar-refractivity contribution >= 4 is 33.8 Å². The van der Waals surface area contributed by atoms with Crippen molar-refractivity contribution in [1.29, 1.82) is 0 Å². The largest absolute Gasteiger partial charge is 0.471 e. The number of piperidine rings is 1. The quantitative estimate of drug-likeness (QED) is 0.397. The highest BCUT2D eigenvalue weighted by Crippen LogP contribution is 2.31. The summed E-state index contributed by atoms with van der Waals surface area (Å²) in [6.07, 6.45) is -7.94. The molecule has 2 unspecified atom stereocenters. The van der Waals surface area contributed by atoms with Crippen LogP contribution in [0.5, 0.6) is 0 Å². The molecule has 4 aromatic rings. The van der Waals surface area contributed by atoms with Gasteiger partial charge < -0.3 is 19.4 Å². The van der Waals surface area contributed by atoms with Gasteiger partial charge in [0.25, 0.3) is 5.91 Å². The Morgan fingerprint density at radius 2 is 1.84 bits per heavy atom. The van der Waals surface area contributed by atoms with Crippen LogP contribution in [-0.4, -0.2) is 55.9 Å². The molecular weight excluding hydrogens is 490 g/mol. The van der Waals surface area contributed by atoms with E-state index in [1.807, 2.05) is 48.1 Å². The molecule has 2 amide bonds. The van der Waals surface area contributed by atoms with E-state index in [9.17, 15) is 27.2 Å². The van der Waals surface area contributed by atoms with Crippen molar-refractivity contribution in [2.24, 2.45) is 7.05 Å². The molecular formula is C26H25F4N5O2. The molecule has 2 aromatic heterocycles. The summed E-state index contributed by atoms with van der Waals surface area (Å²) in [5.41, 5.74) is 3.39. The first-order valence-corrected chi connectivity index (χ1v) is 12.0. The average molecular weight is 516 g/mol. The summed E-state index contributed by atoms with van der Waals surface area (Å²) in [4.78, 5) is 30.5. The van der Waals surface area contributed by atoms with Gasteiger partial charge in [-0.15, -0.1) is 0 Å². The molecule has 1 fully saturated rings. The summed E-state index contributed by atoms with van der Waals surface area (Å²) in [7, 11) is 1.87. The third kappa shape index (κ3) is 4.42. The molecule has 37 heavy (non-hydrogen) atoms. The number of nitrogens with zero attached hydrogens (tertiary/aromatic N) is 4. The van der Waals surface area contributed by atoms with E-state index < -0.39 is 36.9 Å². The number of carbonyl (C=O) groups is 2. The van der Waals surface area contributed by atoms with Crippen LogP contribution in [-0.2, 0) is 18.4 Å². The Hall–Kier alpha value is -3.89. The first-order valence-electron chi connectivity index (χ1n) is 12.0. The SMILES string of the molecule is CCn1c(-c2nc3cc(C(=O)N4CC(F)CCC4NC(=O)C(F)(F)F)ccc3n2C)cc2ccccc21. The number of likely N-dealkylation sites (tertiary alicyclic amines) is 1. The van der Waals surface area contributed by atoms with Gasteiger partial charge in [0.05, 0.1) is 23.3 Å². The summed E-state index contributed by atoms with van der Waals surface area (Å²) in [5.74, 6) is -2.15. The van der Waals surface area contributed by atoms with Crippen molar-refractivity contribution in [2.45, 2.75) is 44.8 Å². The summed E-state index contributed by atoms with van der Waals surface area (Å²) < 4.78 is 56.6. The van der Waals surface area contributed by atoms with E-state index in [2.05, 4.69) is 10.6 Å². The monoisotopic (exact) mass is 515 g/mol. The molecule has 1 N–H and O–H groups in total. The zero-order valence-electron chi connectivity index (χ0n) is 20.2. The highest BCUT2D eigenvalue weighted by Gasteiger charge is 2.42. The Bertz CT molecular complexity index is 1510. The molecule has 194 valence electrons. The number of fused-ring (bicyclic) bond motifs is 2. The Kier molecular flexibility index (Phi) is 6.17. The van der Waals surface area contributed by atoms with Gasteiger partial charge in [-0.2, -0.15) is 13.2 Å². The van der Waals surface area contributed by atoms with E-state index in [-0.39, 0.29) is 18.4 Å². The van der Waals surface area contributed by atoms with Crippen molar-refractivity contribution in [3.05, 3.63) is 54.1 Å². The van der Waals surface area contributed by atoms with Crippen LogP contribution < -0.4 is 5.32 Å². The molecule has 2 aromatic carbocycles. The van der Waals surface area contributed by atoms with Crippen molar-refractivity contribution in [3.8, 4) is 11.5 Å². The minimum Gasteiger partial charge on any atom is -0.338 e. The van der Waals surface area contributed by atoms with Crippen molar-refractivity contribution < 1.29 is 27.2 Å². The molecule has 0 radical (unpaired) electrons. The predicted octanol–water partition coefficient (Wildman–Crippen LogP) is 4.79. The fraction of sp³-hybridized carbons (Fsp3) is 0.346. The first-order chi connectivity index (χ1) is 17.6. The molecule has 11 heteroatoms. The van der Waals surface area contributed by atoms with Gasteiger partial charge in [-0.3, -0.25) is 9.59 Å².